The molecule has 2 N–H and O–H groups in total. The number of aromatic nitrogens is 3. The fourth-order valence-electron chi connectivity index (χ4n) is 1.87. The summed E-state index contributed by atoms with van der Waals surface area (Å²) in [5.41, 5.74) is 0.863. The Labute approximate surface area is 118 Å². The smallest absolute Gasteiger partial charge is 0.274 e. The Kier molecular flexibility index (Phi) is 3.19. The SMILES string of the molecule is O=c1[nH]c2cccnc2nc1/C=C(\O)c1ccc(F)cc1. The van der Waals surface area contributed by atoms with Crippen LogP contribution in [0.25, 0.3) is 23.0 Å². The van der Waals surface area contributed by atoms with Crippen molar-refractivity contribution in [3.8, 4) is 0 Å². The molecule has 0 unspecified atom stereocenters. The molecule has 104 valence electrons. The Morgan fingerprint density at radius 1 is 1.24 bits per heavy atom. The van der Waals surface area contributed by atoms with Crippen molar-refractivity contribution in [1.29, 1.82) is 0 Å². The number of nitrogens with one attached hydrogen (secondary N) is 1. The molecule has 0 saturated carbocycles. The lowest BCUT2D eigenvalue weighted by Crippen LogP contribution is -2.12. The molecule has 0 aliphatic heterocycles. The van der Waals surface area contributed by atoms with Gasteiger partial charge in [-0.3, -0.25) is 4.79 Å². The van der Waals surface area contributed by atoms with Crippen LogP contribution < -0.4 is 5.56 Å². The zero-order valence-electron chi connectivity index (χ0n) is 10.7. The number of nitrogens with zero attached hydrogens (tertiary/aromatic N) is 2. The van der Waals surface area contributed by atoms with Crippen LogP contribution in [-0.2, 0) is 0 Å². The number of H-pyrrole nitrogens is 1. The van der Waals surface area contributed by atoms with Crippen LogP contribution in [-0.4, -0.2) is 20.1 Å². The van der Waals surface area contributed by atoms with Crippen molar-refractivity contribution in [2.45, 2.75) is 0 Å². The third-order valence-electron chi connectivity index (χ3n) is 2.91. The van der Waals surface area contributed by atoms with E-state index in [1.54, 1.807) is 18.3 Å². The van der Waals surface area contributed by atoms with Crippen molar-refractivity contribution in [2.24, 2.45) is 0 Å². The molecule has 0 radical (unpaired) electrons. The highest BCUT2D eigenvalue weighted by Gasteiger charge is 2.06. The molecule has 2 heterocycles. The number of pyridine rings is 1. The van der Waals surface area contributed by atoms with Gasteiger partial charge in [0.15, 0.2) is 5.65 Å². The molecule has 3 aromatic rings. The summed E-state index contributed by atoms with van der Waals surface area (Å²) in [4.78, 5) is 22.6. The van der Waals surface area contributed by atoms with Crippen LogP contribution in [0.15, 0.2) is 47.4 Å². The van der Waals surface area contributed by atoms with Gasteiger partial charge in [0.25, 0.3) is 5.56 Å². The molecule has 2 aromatic heterocycles. The first kappa shape index (κ1) is 13.0. The maximum Gasteiger partial charge on any atom is 0.274 e. The molecule has 0 atom stereocenters. The predicted octanol–water partition coefficient (Wildman–Crippen LogP) is 2.51. The first-order valence-corrected chi connectivity index (χ1v) is 6.15. The standard InChI is InChI=1S/C15H10FN3O2/c16-10-5-3-9(4-6-10)13(20)8-12-15(21)19-11-2-1-7-17-14(11)18-12/h1-8,20H,(H,19,21)/b13-8-. The largest absolute Gasteiger partial charge is 0.507 e. The van der Waals surface area contributed by atoms with E-state index in [0.717, 1.165) is 0 Å². The summed E-state index contributed by atoms with van der Waals surface area (Å²) in [6.07, 6.45) is 2.78. The molecule has 0 fully saturated rings. The third kappa shape index (κ3) is 2.64. The number of halogens is 1. The number of hydrogen-bond acceptors (Lipinski definition) is 4. The monoisotopic (exact) mass is 283 g/mol. The molecule has 6 heteroatoms. The lowest BCUT2D eigenvalue weighted by Gasteiger charge is -2.01. The fraction of sp³-hybridized carbons (Fsp3) is 0. The first-order chi connectivity index (χ1) is 10.1. The quantitative estimate of drug-likeness (QED) is 0.708. The minimum absolute atomic E-state index is 0.0306. The number of fused-ring (bicyclic) bond motifs is 1. The van der Waals surface area contributed by atoms with Gasteiger partial charge in [-0.25, -0.2) is 14.4 Å². The molecule has 0 aliphatic rings. The Bertz CT molecular complexity index is 885. The maximum absolute atomic E-state index is 12.8. The highest BCUT2D eigenvalue weighted by atomic mass is 19.1. The highest BCUT2D eigenvalue weighted by molar-refractivity contribution is 5.77. The van der Waals surface area contributed by atoms with E-state index < -0.39 is 11.4 Å². The average molecular weight is 283 g/mol. The Morgan fingerprint density at radius 3 is 2.76 bits per heavy atom. The van der Waals surface area contributed by atoms with Crippen molar-refractivity contribution < 1.29 is 9.50 Å². The summed E-state index contributed by atoms with van der Waals surface area (Å²) in [6, 6.07) is 8.64. The fourth-order valence-corrected chi connectivity index (χ4v) is 1.87. The summed E-state index contributed by atoms with van der Waals surface area (Å²) in [5.74, 6) is -0.583. The average Bonchev–Trinajstić information content (AvgIpc) is 2.48. The van der Waals surface area contributed by atoms with Crippen LogP contribution >= 0.6 is 0 Å². The number of aliphatic hydroxyl groups is 1. The van der Waals surface area contributed by atoms with Gasteiger partial charge in [0.1, 0.15) is 17.3 Å². The summed E-state index contributed by atoms with van der Waals surface area (Å²) in [7, 11) is 0. The highest BCUT2D eigenvalue weighted by Crippen LogP contribution is 2.14. The van der Waals surface area contributed by atoms with Gasteiger partial charge >= 0.3 is 0 Å². The zero-order valence-corrected chi connectivity index (χ0v) is 10.7. The van der Waals surface area contributed by atoms with Crippen LogP contribution in [0.1, 0.15) is 11.3 Å². The minimum Gasteiger partial charge on any atom is -0.507 e. The van der Waals surface area contributed by atoms with Gasteiger partial charge < -0.3 is 10.1 Å². The van der Waals surface area contributed by atoms with E-state index in [9.17, 15) is 14.3 Å². The predicted molar refractivity (Wildman–Crippen MR) is 77.1 cm³/mol. The van der Waals surface area contributed by atoms with E-state index in [4.69, 9.17) is 0 Å². The van der Waals surface area contributed by atoms with E-state index in [1.165, 1.54) is 30.3 Å². The van der Waals surface area contributed by atoms with E-state index in [0.29, 0.717) is 16.7 Å². The third-order valence-corrected chi connectivity index (χ3v) is 2.91. The van der Waals surface area contributed by atoms with Crippen LogP contribution in [0.4, 0.5) is 4.39 Å². The van der Waals surface area contributed by atoms with Gasteiger partial charge in [-0.2, -0.15) is 0 Å². The molecule has 0 spiro atoms. The lowest BCUT2D eigenvalue weighted by atomic mass is 10.1. The Morgan fingerprint density at radius 2 is 2.00 bits per heavy atom. The lowest BCUT2D eigenvalue weighted by molar-refractivity contribution is 0.515. The summed E-state index contributed by atoms with van der Waals surface area (Å²) >= 11 is 0. The normalized spacial score (nSPS) is 11.8. The van der Waals surface area contributed by atoms with Crippen LogP contribution in [0.2, 0.25) is 0 Å². The van der Waals surface area contributed by atoms with E-state index >= 15 is 0 Å². The summed E-state index contributed by atoms with van der Waals surface area (Å²) < 4.78 is 12.8. The molecule has 0 aliphatic carbocycles. The number of aliphatic hydroxyl groups excluding tert-OH is 1. The molecule has 3 rings (SSSR count). The topological polar surface area (TPSA) is 78.9 Å². The molecular formula is C15H10FN3O2. The van der Waals surface area contributed by atoms with Gasteiger partial charge in [-0.1, -0.05) is 0 Å². The number of hydrogen-bond donors (Lipinski definition) is 2. The Balaban J connectivity index is 2.07. The van der Waals surface area contributed by atoms with Crippen molar-refractivity contribution >= 4 is 23.0 Å². The molecule has 0 saturated heterocycles. The summed E-state index contributed by atoms with van der Waals surface area (Å²) in [5, 5.41) is 9.99. The van der Waals surface area contributed by atoms with Crippen molar-refractivity contribution in [3.63, 3.8) is 0 Å². The molecule has 21 heavy (non-hydrogen) atoms. The molecule has 1 aromatic carbocycles. The van der Waals surface area contributed by atoms with Crippen LogP contribution in [0.3, 0.4) is 0 Å². The van der Waals surface area contributed by atoms with Crippen LogP contribution in [0.5, 0.6) is 0 Å². The minimum atomic E-state index is -0.441. The molecule has 5 nitrogen and oxygen atoms in total. The zero-order chi connectivity index (χ0) is 14.8. The van der Waals surface area contributed by atoms with Gasteiger partial charge in [0.2, 0.25) is 0 Å². The van der Waals surface area contributed by atoms with Gasteiger partial charge in [0.05, 0.1) is 5.52 Å². The number of rotatable bonds is 2. The molecule has 0 bridgehead atoms. The van der Waals surface area contributed by atoms with Gasteiger partial charge in [0, 0.05) is 17.8 Å². The van der Waals surface area contributed by atoms with E-state index in [1.807, 2.05) is 0 Å². The Hall–Kier alpha value is -3.02. The van der Waals surface area contributed by atoms with Gasteiger partial charge in [-0.05, 0) is 36.4 Å². The van der Waals surface area contributed by atoms with Crippen molar-refractivity contribution in [2.75, 3.05) is 0 Å². The number of benzene rings is 1. The van der Waals surface area contributed by atoms with E-state index in [-0.39, 0.29) is 11.5 Å². The van der Waals surface area contributed by atoms with Crippen molar-refractivity contribution in [3.05, 3.63) is 70.0 Å². The summed E-state index contributed by atoms with van der Waals surface area (Å²) in [6.45, 7) is 0. The second-order valence-corrected chi connectivity index (χ2v) is 4.36. The van der Waals surface area contributed by atoms with Gasteiger partial charge in [-0.15, -0.1) is 0 Å². The molecular weight excluding hydrogens is 273 g/mol. The van der Waals surface area contributed by atoms with Crippen molar-refractivity contribution in [1.82, 2.24) is 15.0 Å². The number of aromatic amines is 1. The first-order valence-electron chi connectivity index (χ1n) is 6.15. The molecule has 0 amide bonds. The maximum atomic E-state index is 12.8. The second-order valence-electron chi connectivity index (χ2n) is 4.36. The van der Waals surface area contributed by atoms with Crippen LogP contribution in [0, 0.1) is 5.82 Å². The second kappa shape index (κ2) is 5.16. The van der Waals surface area contributed by atoms with E-state index in [2.05, 4.69) is 15.0 Å².